The van der Waals surface area contributed by atoms with E-state index < -0.39 is 118 Å². The molecule has 0 radical (unpaired) electrons. The highest BCUT2D eigenvalue weighted by Crippen LogP contribution is 2.54. The van der Waals surface area contributed by atoms with Gasteiger partial charge in [-0.1, -0.05) is 72.5 Å². The van der Waals surface area contributed by atoms with E-state index in [0.29, 0.717) is 29.7 Å². The molecule has 97 heavy (non-hydrogen) atoms. The molecule has 7 aromatic rings. The quantitative estimate of drug-likeness (QED) is 0.0330. The SMILES string of the molecule is O=C(CCC(=O)NCC(=O)C[C@@H](Cc1ccccc1)C(=O)NCC(=O)CCOCCn1cnc2c(ncn2[C@@H]2O[C@@H]3COP(O)(=S)O[C@H]4[C@@H](F)[C@H](n5cc6c7c(ncnc75)CCCC6)O[C@@H]4COP(=O)(O)O[C@@H]2[C@@H]3O)c1=O)CCC(=O)N1Cc2ccccc2C#Cc2ccccc21. The van der Waals surface area contributed by atoms with Gasteiger partial charge in [0.1, 0.15) is 54.6 Å². The number of carbonyl (C=O) groups excluding carboxylic acids is 6. The van der Waals surface area contributed by atoms with Crippen LogP contribution in [0.1, 0.15) is 97.3 Å². The summed E-state index contributed by atoms with van der Waals surface area (Å²) in [6.45, 7) is -6.67. The summed E-state index contributed by atoms with van der Waals surface area (Å²) in [6, 6.07) is 23.8. The number of hydrogen-bond acceptors (Lipinski definition) is 21. The van der Waals surface area contributed by atoms with Gasteiger partial charge in [-0.25, -0.2) is 28.9 Å². The summed E-state index contributed by atoms with van der Waals surface area (Å²) in [5.74, 6) is 2.87. The van der Waals surface area contributed by atoms with Crippen LogP contribution in [0.3, 0.4) is 0 Å². The van der Waals surface area contributed by atoms with Crippen LogP contribution in [0.5, 0.6) is 0 Å². The summed E-state index contributed by atoms with van der Waals surface area (Å²) < 4.78 is 74.5. The Bertz CT molecular complexity index is 4370. The Hall–Kier alpha value is -7.98. The number of carbonyl (C=O) groups is 6. The number of amides is 3. The van der Waals surface area contributed by atoms with Gasteiger partial charge in [0.05, 0.1) is 70.3 Å². The topological polar surface area (TPSA) is 356 Å². The van der Waals surface area contributed by atoms with Crippen LogP contribution in [0.15, 0.2) is 109 Å². The van der Waals surface area contributed by atoms with E-state index in [9.17, 15) is 53.0 Å². The number of para-hydroxylation sites is 1. The Morgan fingerprint density at radius 3 is 2.30 bits per heavy atom. The standard InChI is InChI=1S/C65H69FN10O18P2S/c66-55-58-51(92-64(55)75-33-43-15-6-8-16-48-54(43)60(75)70-36-69-48)35-89-95(85,86)93-59-57(82)50(34-90-96(87,97)94-58)91-65(59)76-38-71-56-61(76)72-37-73(63(56)84)25-27-88-26-24-46(78)30-68-62(83)44(28-39-10-2-1-3-11-39)29-47(79)31-67-52(80)22-20-45(77)21-23-53(81)74-32-42-14-5-4-12-40(42)18-19-41-13-7-9-17-49(41)74/h1-5,7,9-14,17,33,36-38,44,50-51,55,57-59,64-65,82H,6,8,15-16,20-32,34-35H2,(H,67,80)(H,68,83)(H,85,86)(H,87,97)/t44-,50-,51-,55-,57-,58-,59-,64-,65-,96?/m1/s1. The van der Waals surface area contributed by atoms with Crippen molar-refractivity contribution in [1.82, 2.24) is 44.3 Å². The van der Waals surface area contributed by atoms with Gasteiger partial charge in [-0.05, 0) is 78.8 Å². The third-order valence-electron chi connectivity index (χ3n) is 17.4. The molecule has 3 fully saturated rings. The maximum absolute atomic E-state index is 16.7. The zero-order valence-electron chi connectivity index (χ0n) is 52.2. The molecule has 3 aromatic carbocycles. The number of benzene rings is 3. The first-order valence-corrected chi connectivity index (χ1v) is 35.8. The molecule has 8 heterocycles. The molecule has 0 spiro atoms. The lowest BCUT2D eigenvalue weighted by atomic mass is 9.93. The molecule has 3 amide bonds. The predicted molar refractivity (Wildman–Crippen MR) is 346 cm³/mol. The van der Waals surface area contributed by atoms with Gasteiger partial charge in [0.2, 0.25) is 17.7 Å². The van der Waals surface area contributed by atoms with Crippen molar-refractivity contribution in [3.8, 4) is 11.8 Å². The average molecular weight is 1390 g/mol. The Morgan fingerprint density at radius 2 is 1.46 bits per heavy atom. The minimum Gasteiger partial charge on any atom is -0.387 e. The number of rotatable bonds is 23. The summed E-state index contributed by atoms with van der Waals surface area (Å²) in [4.78, 5) is 135. The molecule has 510 valence electrons. The van der Waals surface area contributed by atoms with Crippen LogP contribution >= 0.6 is 14.5 Å². The monoisotopic (exact) mass is 1390 g/mol. The lowest BCUT2D eigenvalue weighted by molar-refractivity contribution is -0.131. The van der Waals surface area contributed by atoms with E-state index >= 15 is 4.39 Å². The lowest BCUT2D eigenvalue weighted by Gasteiger charge is -2.26. The Labute approximate surface area is 559 Å². The number of phosphoric ester groups is 1. The Morgan fingerprint density at radius 1 is 0.732 bits per heavy atom. The number of Topliss-reactive ketones (excluding diaryl/α,β-unsaturated/α-hetero) is 3. The molecule has 2 unspecified atom stereocenters. The number of alkyl halides is 1. The van der Waals surface area contributed by atoms with Crippen LogP contribution in [0, 0.1) is 17.8 Å². The number of aromatic nitrogens is 7. The number of nitrogens with zero attached hydrogens (tertiary/aromatic N) is 8. The average Bonchev–Trinajstić information content (AvgIpc) is 1.64. The van der Waals surface area contributed by atoms with Crippen molar-refractivity contribution < 1.29 is 84.9 Å². The third kappa shape index (κ3) is 16.3. The summed E-state index contributed by atoms with van der Waals surface area (Å²) in [5, 5.41) is 17.4. The minimum absolute atomic E-state index is 0.0597. The van der Waals surface area contributed by atoms with Crippen LogP contribution in [0.4, 0.5) is 10.1 Å². The second kappa shape index (κ2) is 30.4. The maximum Gasteiger partial charge on any atom is 0.472 e. The first-order chi connectivity index (χ1) is 46.8. The number of aliphatic hydroxyl groups is 1. The number of halogens is 1. The molecule has 4 aromatic heterocycles. The summed E-state index contributed by atoms with van der Waals surface area (Å²) in [5.41, 5.74) is 4.92. The number of imidazole rings is 1. The van der Waals surface area contributed by atoms with Gasteiger partial charge < -0.3 is 53.7 Å². The second-order valence-electron chi connectivity index (χ2n) is 24.1. The van der Waals surface area contributed by atoms with Crippen molar-refractivity contribution >= 4 is 89.3 Å². The van der Waals surface area contributed by atoms with E-state index in [2.05, 4.69) is 42.4 Å². The zero-order valence-corrected chi connectivity index (χ0v) is 54.8. The highest BCUT2D eigenvalue weighted by molar-refractivity contribution is 8.07. The minimum atomic E-state index is -5.22. The fraction of sp³-hybridized carbons (Fsp3) is 0.431. The van der Waals surface area contributed by atoms with Gasteiger partial charge >= 0.3 is 14.5 Å². The highest BCUT2D eigenvalue weighted by Gasteiger charge is 2.54. The zero-order chi connectivity index (χ0) is 68.0. The predicted octanol–water partition coefficient (Wildman–Crippen LogP) is 4.65. The third-order valence-corrected chi connectivity index (χ3v) is 19.9. The molecule has 5 aliphatic rings. The van der Waals surface area contributed by atoms with E-state index in [-0.39, 0.29) is 101 Å². The fourth-order valence-electron chi connectivity index (χ4n) is 12.4. The van der Waals surface area contributed by atoms with Crippen molar-refractivity contribution in [3.63, 3.8) is 0 Å². The summed E-state index contributed by atoms with van der Waals surface area (Å²) in [6.07, 6.45) is -5.33. The number of anilines is 1. The van der Waals surface area contributed by atoms with Gasteiger partial charge in [-0.15, -0.1) is 0 Å². The molecule has 1 aliphatic carbocycles. The van der Waals surface area contributed by atoms with Crippen molar-refractivity contribution in [2.75, 3.05) is 44.4 Å². The molecule has 12 rings (SSSR count). The van der Waals surface area contributed by atoms with Crippen molar-refractivity contribution in [1.29, 1.82) is 0 Å². The molecule has 3 saturated heterocycles. The lowest BCUT2D eigenvalue weighted by Crippen LogP contribution is -2.38. The first-order valence-electron chi connectivity index (χ1n) is 31.7. The number of ether oxygens (including phenoxy) is 3. The van der Waals surface area contributed by atoms with E-state index in [1.807, 2.05) is 48.5 Å². The first kappa shape index (κ1) is 68.9. The van der Waals surface area contributed by atoms with Gasteiger partial charge in [0, 0.05) is 67.2 Å². The van der Waals surface area contributed by atoms with Crippen molar-refractivity contribution in [2.24, 2.45) is 5.92 Å². The molecule has 2 bridgehead atoms. The van der Waals surface area contributed by atoms with Crippen LogP contribution in [-0.2, 0) is 110 Å². The Balaban J connectivity index is 0.593. The summed E-state index contributed by atoms with van der Waals surface area (Å²) in [7, 11) is -5.22. The smallest absolute Gasteiger partial charge is 0.387 e. The molecule has 0 saturated carbocycles. The van der Waals surface area contributed by atoms with Gasteiger partial charge in [-0.2, -0.15) is 0 Å². The number of aliphatic hydroxyl groups excluding tert-OH is 1. The number of nitrogens with one attached hydrogen (secondary N) is 2. The summed E-state index contributed by atoms with van der Waals surface area (Å²) >= 11 is 5.32. The van der Waals surface area contributed by atoms with E-state index in [0.717, 1.165) is 52.5 Å². The molecule has 11 atom stereocenters. The number of phosphoric acid groups is 1. The van der Waals surface area contributed by atoms with Crippen LogP contribution in [0.25, 0.3) is 22.2 Å². The largest absolute Gasteiger partial charge is 0.472 e. The molecule has 4 aliphatic heterocycles. The second-order valence-corrected chi connectivity index (χ2v) is 28.3. The number of fused-ring (bicyclic) bond motifs is 6. The van der Waals surface area contributed by atoms with Crippen LogP contribution < -0.4 is 21.1 Å². The number of ketones is 3. The molecular weight excluding hydrogens is 1320 g/mol. The maximum atomic E-state index is 16.7. The molecule has 5 N–H and O–H groups in total. The molecular formula is C65H69FN10O18P2S. The molecule has 28 nitrogen and oxygen atoms in total. The van der Waals surface area contributed by atoms with Gasteiger partial charge in [0.25, 0.3) is 5.56 Å². The van der Waals surface area contributed by atoms with E-state index in [1.54, 1.807) is 41.4 Å². The highest BCUT2D eigenvalue weighted by atomic mass is 32.5. The number of hydrogen-bond donors (Lipinski definition) is 5. The van der Waals surface area contributed by atoms with E-state index in [1.165, 1.54) is 26.4 Å². The fourth-order valence-corrected chi connectivity index (χ4v) is 14.8. The van der Waals surface area contributed by atoms with Gasteiger partial charge in [0.15, 0.2) is 41.4 Å². The Kier molecular flexibility index (Phi) is 21.6. The van der Waals surface area contributed by atoms with Crippen molar-refractivity contribution in [3.05, 3.63) is 148 Å². The van der Waals surface area contributed by atoms with Crippen molar-refractivity contribution in [2.45, 2.75) is 133 Å². The van der Waals surface area contributed by atoms with E-state index in [4.69, 9.17) is 44.1 Å². The normalized spacial score (nSPS) is 24.9. The van der Waals surface area contributed by atoms with Crippen LogP contribution in [-0.4, -0.2) is 160 Å². The molecule has 32 heteroatoms. The number of aryl methyl sites for hydroxylation is 2. The van der Waals surface area contributed by atoms with Crippen LogP contribution in [0.2, 0.25) is 0 Å². The van der Waals surface area contributed by atoms with Gasteiger partial charge in [-0.3, -0.25) is 56.3 Å².